The fourth-order valence-corrected chi connectivity index (χ4v) is 4.02. The van der Waals surface area contributed by atoms with Crippen LogP contribution in [0, 0.1) is 0 Å². The zero-order valence-electron chi connectivity index (χ0n) is 19.0. The zero-order valence-corrected chi connectivity index (χ0v) is 20.6. The first-order valence-electron chi connectivity index (χ1n) is 10.8. The molecule has 1 aromatic heterocycles. The van der Waals surface area contributed by atoms with Gasteiger partial charge in [0.15, 0.2) is 12.3 Å². The van der Waals surface area contributed by atoms with Crippen LogP contribution in [-0.2, 0) is 41.7 Å². The van der Waals surface area contributed by atoms with E-state index >= 15 is 0 Å². The normalized spacial score (nSPS) is 19.6. The zero-order chi connectivity index (χ0) is 24.9. The van der Waals surface area contributed by atoms with Gasteiger partial charge >= 0.3 is 11.9 Å². The second-order valence-electron chi connectivity index (χ2n) is 7.89. The standard InChI is InChI=1S/C24H23BrN4O6/c1-15(30)34-21-22(35-16(2)31)24(28(23(21)32)12-17-6-4-3-5-7-17)33-14-19-13-29(27-26-19)20-10-8-18(25)9-11-20/h3-11,13,21-22,24H,12,14H2,1-2H3/t21-,22+,24?/m0/s1. The first-order chi connectivity index (χ1) is 16.8. The molecule has 0 spiro atoms. The molecule has 0 saturated carbocycles. The van der Waals surface area contributed by atoms with Crippen molar-refractivity contribution in [2.75, 3.05) is 0 Å². The van der Waals surface area contributed by atoms with Crippen molar-refractivity contribution < 1.29 is 28.6 Å². The number of carbonyl (C=O) groups excluding carboxylic acids is 3. The highest BCUT2D eigenvalue weighted by Crippen LogP contribution is 2.29. The van der Waals surface area contributed by atoms with E-state index in [1.807, 2.05) is 54.6 Å². The third-order valence-electron chi connectivity index (χ3n) is 5.24. The van der Waals surface area contributed by atoms with E-state index in [0.29, 0.717) is 5.69 Å². The Hall–Kier alpha value is -3.57. The summed E-state index contributed by atoms with van der Waals surface area (Å²) in [6.07, 6.45) is -1.77. The molecule has 0 radical (unpaired) electrons. The van der Waals surface area contributed by atoms with Crippen LogP contribution in [0.4, 0.5) is 0 Å². The predicted octanol–water partition coefficient (Wildman–Crippen LogP) is 2.78. The summed E-state index contributed by atoms with van der Waals surface area (Å²) in [5.74, 6) is -1.81. The molecule has 11 heteroatoms. The Morgan fingerprint density at radius 3 is 2.34 bits per heavy atom. The van der Waals surface area contributed by atoms with Crippen molar-refractivity contribution in [1.29, 1.82) is 0 Å². The van der Waals surface area contributed by atoms with E-state index in [4.69, 9.17) is 14.2 Å². The lowest BCUT2D eigenvalue weighted by atomic mass is 10.2. The molecule has 3 atom stereocenters. The van der Waals surface area contributed by atoms with Crippen molar-refractivity contribution in [2.45, 2.75) is 45.4 Å². The highest BCUT2D eigenvalue weighted by molar-refractivity contribution is 9.10. The Balaban J connectivity index is 1.57. The summed E-state index contributed by atoms with van der Waals surface area (Å²) in [6, 6.07) is 16.8. The van der Waals surface area contributed by atoms with Gasteiger partial charge in [-0.15, -0.1) is 5.10 Å². The number of likely N-dealkylation sites (tertiary alicyclic amines) is 1. The molecule has 10 nitrogen and oxygen atoms in total. The van der Waals surface area contributed by atoms with Crippen LogP contribution in [0.1, 0.15) is 25.1 Å². The quantitative estimate of drug-likeness (QED) is 0.399. The lowest BCUT2D eigenvalue weighted by Gasteiger charge is -2.27. The van der Waals surface area contributed by atoms with E-state index < -0.39 is 36.3 Å². The van der Waals surface area contributed by atoms with Gasteiger partial charge in [0.2, 0.25) is 6.10 Å². The molecular weight excluding hydrogens is 520 g/mol. The van der Waals surface area contributed by atoms with Crippen LogP contribution in [0.25, 0.3) is 5.69 Å². The molecule has 35 heavy (non-hydrogen) atoms. The number of nitrogens with zero attached hydrogens (tertiary/aromatic N) is 4. The van der Waals surface area contributed by atoms with Crippen LogP contribution >= 0.6 is 15.9 Å². The number of halogens is 1. The summed E-state index contributed by atoms with van der Waals surface area (Å²) < 4.78 is 19.2. The van der Waals surface area contributed by atoms with Crippen molar-refractivity contribution in [3.8, 4) is 5.69 Å². The summed E-state index contributed by atoms with van der Waals surface area (Å²) in [6.45, 7) is 2.56. The predicted molar refractivity (Wildman–Crippen MR) is 126 cm³/mol. The third-order valence-corrected chi connectivity index (χ3v) is 5.77. The van der Waals surface area contributed by atoms with Gasteiger partial charge in [-0.3, -0.25) is 14.4 Å². The largest absolute Gasteiger partial charge is 0.453 e. The molecular formula is C24H23BrN4O6. The Kier molecular flexibility index (Phi) is 7.57. The number of carbonyl (C=O) groups is 3. The van der Waals surface area contributed by atoms with E-state index in [1.54, 1.807) is 10.9 Å². The first-order valence-corrected chi connectivity index (χ1v) is 11.6. The van der Waals surface area contributed by atoms with Gasteiger partial charge in [0.1, 0.15) is 5.69 Å². The van der Waals surface area contributed by atoms with E-state index in [9.17, 15) is 14.4 Å². The van der Waals surface area contributed by atoms with Gasteiger partial charge < -0.3 is 19.1 Å². The average Bonchev–Trinajstić information content (AvgIpc) is 3.38. The number of ether oxygens (including phenoxy) is 3. The highest BCUT2D eigenvalue weighted by Gasteiger charge is 2.53. The molecule has 2 aromatic carbocycles. The molecule has 2 heterocycles. The van der Waals surface area contributed by atoms with Gasteiger partial charge in [-0.05, 0) is 29.8 Å². The molecule has 1 unspecified atom stereocenters. The molecule has 0 N–H and O–H groups in total. The molecule has 1 amide bonds. The summed E-state index contributed by atoms with van der Waals surface area (Å²) in [4.78, 5) is 38.1. The molecule has 0 aliphatic carbocycles. The lowest BCUT2D eigenvalue weighted by molar-refractivity contribution is -0.175. The summed E-state index contributed by atoms with van der Waals surface area (Å²) >= 11 is 3.40. The molecule has 1 saturated heterocycles. The van der Waals surface area contributed by atoms with Crippen molar-refractivity contribution in [1.82, 2.24) is 19.9 Å². The van der Waals surface area contributed by atoms with E-state index in [1.165, 1.54) is 18.7 Å². The molecule has 1 fully saturated rings. The van der Waals surface area contributed by atoms with Crippen LogP contribution < -0.4 is 0 Å². The topological polar surface area (TPSA) is 113 Å². The fourth-order valence-electron chi connectivity index (χ4n) is 3.75. The maximum absolute atomic E-state index is 13.2. The van der Waals surface area contributed by atoms with Gasteiger partial charge in [0.05, 0.1) is 18.5 Å². The maximum atomic E-state index is 13.2. The van der Waals surface area contributed by atoms with Crippen molar-refractivity contribution >= 4 is 33.8 Å². The minimum absolute atomic E-state index is 0.0235. The minimum atomic E-state index is -1.32. The first kappa shape index (κ1) is 24.6. The number of hydrogen-bond donors (Lipinski definition) is 0. The Morgan fingerprint density at radius 1 is 1.00 bits per heavy atom. The minimum Gasteiger partial charge on any atom is -0.453 e. The van der Waals surface area contributed by atoms with Crippen LogP contribution in [-0.4, -0.2) is 56.2 Å². The van der Waals surface area contributed by atoms with Crippen LogP contribution in [0.3, 0.4) is 0 Å². The second-order valence-corrected chi connectivity index (χ2v) is 8.80. The summed E-state index contributed by atoms with van der Waals surface area (Å²) in [7, 11) is 0. The molecule has 0 bridgehead atoms. The smallest absolute Gasteiger partial charge is 0.303 e. The number of amides is 1. The van der Waals surface area contributed by atoms with Crippen molar-refractivity contribution in [3.63, 3.8) is 0 Å². The molecule has 4 rings (SSSR count). The fraction of sp³-hybridized carbons (Fsp3) is 0.292. The Bertz CT molecular complexity index is 1200. The van der Waals surface area contributed by atoms with Gasteiger partial charge in [-0.2, -0.15) is 0 Å². The van der Waals surface area contributed by atoms with Crippen LogP contribution in [0.5, 0.6) is 0 Å². The van der Waals surface area contributed by atoms with Crippen molar-refractivity contribution in [3.05, 3.63) is 76.5 Å². The lowest BCUT2D eigenvalue weighted by Crippen LogP contribution is -2.41. The van der Waals surface area contributed by atoms with Gasteiger partial charge in [0.25, 0.3) is 5.91 Å². The van der Waals surface area contributed by atoms with Crippen molar-refractivity contribution in [2.24, 2.45) is 0 Å². The monoisotopic (exact) mass is 542 g/mol. The highest BCUT2D eigenvalue weighted by atomic mass is 79.9. The SMILES string of the molecule is CC(=O)O[C@@H]1C(=O)N(Cc2ccccc2)C(OCc2cn(-c3ccc(Br)cc3)nn2)[C@@H]1OC(C)=O. The van der Waals surface area contributed by atoms with Gasteiger partial charge in [-0.25, -0.2) is 4.68 Å². The van der Waals surface area contributed by atoms with Crippen LogP contribution in [0.15, 0.2) is 65.3 Å². The second kappa shape index (κ2) is 10.8. The number of hydrogen-bond acceptors (Lipinski definition) is 8. The van der Waals surface area contributed by atoms with Crippen LogP contribution in [0.2, 0.25) is 0 Å². The Morgan fingerprint density at radius 2 is 1.69 bits per heavy atom. The summed E-state index contributed by atoms with van der Waals surface area (Å²) in [5, 5.41) is 8.26. The average molecular weight is 543 g/mol. The number of rotatable bonds is 8. The van der Waals surface area contributed by atoms with E-state index in [2.05, 4.69) is 26.2 Å². The molecule has 3 aromatic rings. The Labute approximate surface area is 209 Å². The van der Waals surface area contributed by atoms with Gasteiger partial charge in [-0.1, -0.05) is 51.5 Å². The third kappa shape index (κ3) is 5.92. The van der Waals surface area contributed by atoms with E-state index in [0.717, 1.165) is 15.7 Å². The number of aromatic nitrogens is 3. The number of esters is 2. The molecule has 1 aliphatic rings. The molecule has 182 valence electrons. The van der Waals surface area contributed by atoms with E-state index in [-0.39, 0.29) is 13.2 Å². The number of benzene rings is 2. The summed E-state index contributed by atoms with van der Waals surface area (Å²) in [5.41, 5.74) is 2.14. The molecule has 1 aliphatic heterocycles. The maximum Gasteiger partial charge on any atom is 0.303 e. The van der Waals surface area contributed by atoms with Gasteiger partial charge in [0, 0.05) is 24.9 Å².